The first kappa shape index (κ1) is 22.2. The molecule has 0 saturated carbocycles. The van der Waals surface area contributed by atoms with Crippen molar-refractivity contribution in [1.29, 1.82) is 0 Å². The molecule has 3 aromatic carbocycles. The summed E-state index contributed by atoms with van der Waals surface area (Å²) >= 11 is 1.72. The Bertz CT molecular complexity index is 1050. The Morgan fingerprint density at radius 3 is 2.41 bits per heavy atom. The zero-order valence-electron chi connectivity index (χ0n) is 18.2. The number of carbonyl (C=O) groups excluding carboxylic acids is 1. The summed E-state index contributed by atoms with van der Waals surface area (Å²) in [6.07, 6.45) is 0. The van der Waals surface area contributed by atoms with Crippen LogP contribution in [0.2, 0.25) is 0 Å². The van der Waals surface area contributed by atoms with Crippen LogP contribution in [0.3, 0.4) is 0 Å². The molecule has 1 saturated heterocycles. The molecule has 32 heavy (non-hydrogen) atoms. The summed E-state index contributed by atoms with van der Waals surface area (Å²) in [7, 11) is 0. The SMILES string of the molecule is CCOc1ccc(C(=O)N2CCN(c3ccccc3F)CC2)cc1CSc1ccccc1. The highest BCUT2D eigenvalue weighted by molar-refractivity contribution is 7.98. The lowest BCUT2D eigenvalue weighted by Crippen LogP contribution is -2.49. The smallest absolute Gasteiger partial charge is 0.253 e. The van der Waals surface area contributed by atoms with Crippen molar-refractivity contribution in [2.24, 2.45) is 0 Å². The Balaban J connectivity index is 1.44. The van der Waals surface area contributed by atoms with Crippen molar-refractivity contribution in [2.45, 2.75) is 17.6 Å². The second kappa shape index (κ2) is 10.6. The highest BCUT2D eigenvalue weighted by atomic mass is 32.2. The van der Waals surface area contributed by atoms with Gasteiger partial charge >= 0.3 is 0 Å². The van der Waals surface area contributed by atoms with Crippen molar-refractivity contribution >= 4 is 23.4 Å². The van der Waals surface area contributed by atoms with Gasteiger partial charge in [0.1, 0.15) is 11.6 Å². The van der Waals surface area contributed by atoms with Gasteiger partial charge in [0.25, 0.3) is 5.91 Å². The number of amides is 1. The number of halogens is 1. The quantitative estimate of drug-likeness (QED) is 0.446. The van der Waals surface area contributed by atoms with Gasteiger partial charge in [-0.25, -0.2) is 4.39 Å². The Hall–Kier alpha value is -2.99. The Labute approximate surface area is 193 Å². The first-order valence-corrected chi connectivity index (χ1v) is 11.9. The van der Waals surface area contributed by atoms with Crippen molar-refractivity contribution in [3.05, 3.63) is 89.7 Å². The maximum absolute atomic E-state index is 14.1. The minimum absolute atomic E-state index is 0.00666. The number of hydrogen-bond acceptors (Lipinski definition) is 4. The molecule has 0 unspecified atom stereocenters. The number of rotatable bonds is 7. The van der Waals surface area contributed by atoms with Gasteiger partial charge in [-0.05, 0) is 49.4 Å². The first-order valence-electron chi connectivity index (χ1n) is 10.9. The van der Waals surface area contributed by atoms with Gasteiger partial charge in [-0.3, -0.25) is 4.79 Å². The van der Waals surface area contributed by atoms with E-state index in [-0.39, 0.29) is 11.7 Å². The summed E-state index contributed by atoms with van der Waals surface area (Å²) in [5, 5.41) is 0. The number of para-hydroxylation sites is 1. The lowest BCUT2D eigenvalue weighted by molar-refractivity contribution is 0.0746. The molecular formula is C26H27FN2O2S. The van der Waals surface area contributed by atoms with Crippen LogP contribution >= 0.6 is 11.8 Å². The van der Waals surface area contributed by atoms with E-state index in [1.54, 1.807) is 23.9 Å². The van der Waals surface area contributed by atoms with E-state index in [0.717, 1.165) is 17.1 Å². The maximum atomic E-state index is 14.1. The molecule has 0 aromatic heterocycles. The van der Waals surface area contributed by atoms with E-state index in [1.165, 1.54) is 11.0 Å². The molecule has 0 radical (unpaired) electrons. The lowest BCUT2D eigenvalue weighted by atomic mass is 10.1. The van der Waals surface area contributed by atoms with Crippen LogP contribution in [0.5, 0.6) is 5.75 Å². The van der Waals surface area contributed by atoms with E-state index < -0.39 is 0 Å². The monoisotopic (exact) mass is 450 g/mol. The van der Waals surface area contributed by atoms with Crippen LogP contribution in [0.15, 0.2) is 77.7 Å². The minimum Gasteiger partial charge on any atom is -0.494 e. The number of piperazine rings is 1. The van der Waals surface area contributed by atoms with Gasteiger partial charge in [-0.1, -0.05) is 30.3 Å². The summed E-state index contributed by atoms with van der Waals surface area (Å²) in [6, 6.07) is 22.7. The molecule has 1 fully saturated rings. The van der Waals surface area contributed by atoms with E-state index in [2.05, 4.69) is 12.1 Å². The molecule has 0 bridgehead atoms. The second-order valence-corrected chi connectivity index (χ2v) is 8.64. The van der Waals surface area contributed by atoms with E-state index in [0.29, 0.717) is 44.0 Å². The third-order valence-electron chi connectivity index (χ3n) is 5.50. The number of benzene rings is 3. The molecule has 3 aromatic rings. The number of anilines is 1. The van der Waals surface area contributed by atoms with Gasteiger partial charge in [-0.2, -0.15) is 0 Å². The van der Waals surface area contributed by atoms with Gasteiger partial charge < -0.3 is 14.5 Å². The largest absolute Gasteiger partial charge is 0.494 e. The zero-order chi connectivity index (χ0) is 22.3. The number of nitrogens with zero attached hydrogens (tertiary/aromatic N) is 2. The van der Waals surface area contributed by atoms with Crippen LogP contribution in [0.4, 0.5) is 10.1 Å². The fraction of sp³-hybridized carbons (Fsp3) is 0.269. The van der Waals surface area contributed by atoms with Gasteiger partial charge in [0, 0.05) is 48.0 Å². The van der Waals surface area contributed by atoms with Crippen molar-refractivity contribution in [3.63, 3.8) is 0 Å². The molecule has 1 aliphatic heterocycles. The van der Waals surface area contributed by atoms with Gasteiger partial charge in [0.05, 0.1) is 12.3 Å². The topological polar surface area (TPSA) is 32.8 Å². The van der Waals surface area contributed by atoms with Crippen LogP contribution in [0.25, 0.3) is 0 Å². The van der Waals surface area contributed by atoms with Gasteiger partial charge in [0.2, 0.25) is 0 Å². The zero-order valence-corrected chi connectivity index (χ0v) is 19.0. The summed E-state index contributed by atoms with van der Waals surface area (Å²) in [4.78, 5) is 18.2. The normalized spacial score (nSPS) is 13.8. The van der Waals surface area contributed by atoms with E-state index in [4.69, 9.17) is 4.74 Å². The van der Waals surface area contributed by atoms with Crippen molar-refractivity contribution < 1.29 is 13.9 Å². The van der Waals surface area contributed by atoms with Crippen molar-refractivity contribution in [2.75, 3.05) is 37.7 Å². The van der Waals surface area contributed by atoms with Crippen LogP contribution in [-0.4, -0.2) is 43.6 Å². The van der Waals surface area contributed by atoms with Gasteiger partial charge in [0.15, 0.2) is 0 Å². The molecule has 0 spiro atoms. The maximum Gasteiger partial charge on any atom is 0.253 e. The molecule has 1 heterocycles. The molecule has 4 rings (SSSR count). The highest BCUT2D eigenvalue weighted by Gasteiger charge is 2.24. The summed E-state index contributed by atoms with van der Waals surface area (Å²) < 4.78 is 19.9. The molecule has 166 valence electrons. The molecule has 0 atom stereocenters. The number of carbonyl (C=O) groups is 1. The molecule has 6 heteroatoms. The molecular weight excluding hydrogens is 423 g/mol. The third-order valence-corrected chi connectivity index (χ3v) is 6.57. The average molecular weight is 451 g/mol. The molecule has 1 amide bonds. The molecule has 4 nitrogen and oxygen atoms in total. The van der Waals surface area contributed by atoms with E-state index in [9.17, 15) is 9.18 Å². The fourth-order valence-corrected chi connectivity index (χ4v) is 4.74. The van der Waals surface area contributed by atoms with E-state index in [1.807, 2.05) is 59.2 Å². The Morgan fingerprint density at radius 2 is 1.69 bits per heavy atom. The first-order chi connectivity index (χ1) is 15.7. The van der Waals surface area contributed by atoms with Gasteiger partial charge in [-0.15, -0.1) is 11.8 Å². The Kier molecular flexibility index (Phi) is 7.32. The Morgan fingerprint density at radius 1 is 0.969 bits per heavy atom. The summed E-state index contributed by atoms with van der Waals surface area (Å²) in [5.74, 6) is 1.32. The minimum atomic E-state index is -0.223. The van der Waals surface area contributed by atoms with Crippen LogP contribution in [0, 0.1) is 5.82 Å². The second-order valence-electron chi connectivity index (χ2n) is 7.59. The van der Waals surface area contributed by atoms with E-state index >= 15 is 0 Å². The van der Waals surface area contributed by atoms with Crippen molar-refractivity contribution in [1.82, 2.24) is 4.90 Å². The van der Waals surface area contributed by atoms with Crippen LogP contribution in [0.1, 0.15) is 22.8 Å². The number of ether oxygens (including phenoxy) is 1. The fourth-order valence-electron chi connectivity index (χ4n) is 3.84. The summed E-state index contributed by atoms with van der Waals surface area (Å²) in [5.41, 5.74) is 2.27. The average Bonchev–Trinajstić information content (AvgIpc) is 2.84. The van der Waals surface area contributed by atoms with Crippen LogP contribution in [-0.2, 0) is 5.75 Å². The molecule has 0 aliphatic carbocycles. The van der Waals surface area contributed by atoms with Crippen LogP contribution < -0.4 is 9.64 Å². The number of thioether (sulfide) groups is 1. The highest BCUT2D eigenvalue weighted by Crippen LogP contribution is 2.29. The predicted octanol–water partition coefficient (Wildman–Crippen LogP) is 5.48. The lowest BCUT2D eigenvalue weighted by Gasteiger charge is -2.36. The predicted molar refractivity (Wildman–Crippen MR) is 128 cm³/mol. The van der Waals surface area contributed by atoms with Crippen molar-refractivity contribution in [3.8, 4) is 5.75 Å². The summed E-state index contributed by atoms with van der Waals surface area (Å²) in [6.45, 7) is 4.89. The number of hydrogen-bond donors (Lipinski definition) is 0. The standard InChI is InChI=1S/C26H27FN2O2S/c1-2-31-25-13-12-20(18-21(25)19-32-22-8-4-3-5-9-22)26(30)29-16-14-28(15-17-29)24-11-7-6-10-23(24)27/h3-13,18H,2,14-17,19H2,1H3. The third kappa shape index (κ3) is 5.25. The molecule has 0 N–H and O–H groups in total. The molecule has 1 aliphatic rings.